The Hall–Kier alpha value is -1.98. The van der Waals surface area contributed by atoms with E-state index >= 15 is 0 Å². The standard InChI is InChI=1S/C25H33ClN2O2S/c1-6-22(24(30)27-25(3,4)5)28(17-19-10-8-7-9-18(19)2)23(29)15-16-31-21-13-11-20(26)12-14-21/h7-14,22H,6,15-17H2,1-5H3,(H,27,30)/t22-/m0/s1. The number of thioether (sulfide) groups is 1. The number of halogens is 1. The highest BCUT2D eigenvalue weighted by molar-refractivity contribution is 7.99. The van der Waals surface area contributed by atoms with E-state index in [1.54, 1.807) is 16.7 Å². The summed E-state index contributed by atoms with van der Waals surface area (Å²) in [6.07, 6.45) is 0.919. The van der Waals surface area contributed by atoms with Gasteiger partial charge in [0.15, 0.2) is 0 Å². The Labute approximate surface area is 195 Å². The molecule has 0 aliphatic heterocycles. The normalized spacial score (nSPS) is 12.3. The monoisotopic (exact) mass is 460 g/mol. The summed E-state index contributed by atoms with van der Waals surface area (Å²) >= 11 is 7.56. The van der Waals surface area contributed by atoms with Crippen molar-refractivity contribution in [2.45, 2.75) is 70.5 Å². The van der Waals surface area contributed by atoms with Crippen molar-refractivity contribution >= 4 is 35.2 Å². The molecular formula is C25H33ClN2O2S. The number of carbonyl (C=O) groups is 2. The molecule has 31 heavy (non-hydrogen) atoms. The molecule has 0 aromatic heterocycles. The van der Waals surface area contributed by atoms with Crippen molar-refractivity contribution < 1.29 is 9.59 Å². The van der Waals surface area contributed by atoms with Crippen LogP contribution in [0.4, 0.5) is 0 Å². The second-order valence-electron chi connectivity index (χ2n) is 8.66. The smallest absolute Gasteiger partial charge is 0.243 e. The molecule has 0 saturated heterocycles. The number of nitrogens with zero attached hydrogens (tertiary/aromatic N) is 1. The lowest BCUT2D eigenvalue weighted by Gasteiger charge is -2.33. The van der Waals surface area contributed by atoms with Crippen LogP contribution < -0.4 is 5.32 Å². The molecule has 2 amide bonds. The first-order chi connectivity index (χ1) is 14.6. The first-order valence-electron chi connectivity index (χ1n) is 10.6. The van der Waals surface area contributed by atoms with Crippen LogP contribution in [0.5, 0.6) is 0 Å². The number of carbonyl (C=O) groups excluding carboxylic acids is 2. The third-order valence-electron chi connectivity index (χ3n) is 4.88. The highest BCUT2D eigenvalue weighted by Gasteiger charge is 2.30. The summed E-state index contributed by atoms with van der Waals surface area (Å²) in [7, 11) is 0. The molecule has 0 saturated carbocycles. The number of amides is 2. The number of aryl methyl sites for hydroxylation is 1. The second-order valence-corrected chi connectivity index (χ2v) is 10.3. The van der Waals surface area contributed by atoms with Crippen LogP contribution in [0.15, 0.2) is 53.4 Å². The summed E-state index contributed by atoms with van der Waals surface area (Å²) in [4.78, 5) is 29.1. The summed E-state index contributed by atoms with van der Waals surface area (Å²) in [5.74, 6) is 0.519. The Morgan fingerprint density at radius 1 is 1.10 bits per heavy atom. The fourth-order valence-corrected chi connectivity index (χ4v) is 4.24. The lowest BCUT2D eigenvalue weighted by atomic mass is 10.0. The van der Waals surface area contributed by atoms with E-state index < -0.39 is 6.04 Å². The van der Waals surface area contributed by atoms with Crippen molar-refractivity contribution in [1.29, 1.82) is 0 Å². The Morgan fingerprint density at radius 3 is 2.32 bits per heavy atom. The molecule has 1 N–H and O–H groups in total. The number of rotatable bonds is 9. The zero-order valence-corrected chi connectivity index (χ0v) is 20.6. The van der Waals surface area contributed by atoms with Gasteiger partial charge in [0.1, 0.15) is 6.04 Å². The van der Waals surface area contributed by atoms with Gasteiger partial charge in [-0.15, -0.1) is 11.8 Å². The Morgan fingerprint density at radius 2 is 1.74 bits per heavy atom. The van der Waals surface area contributed by atoms with Crippen LogP contribution in [0.25, 0.3) is 0 Å². The van der Waals surface area contributed by atoms with E-state index in [4.69, 9.17) is 11.6 Å². The molecule has 2 aromatic carbocycles. The fraction of sp³-hybridized carbons (Fsp3) is 0.440. The van der Waals surface area contributed by atoms with E-state index in [9.17, 15) is 9.59 Å². The average Bonchev–Trinajstić information content (AvgIpc) is 2.69. The molecule has 4 nitrogen and oxygen atoms in total. The van der Waals surface area contributed by atoms with Crippen LogP contribution in [0.3, 0.4) is 0 Å². The topological polar surface area (TPSA) is 49.4 Å². The molecule has 2 rings (SSSR count). The predicted molar refractivity (Wildman–Crippen MR) is 130 cm³/mol. The molecule has 0 spiro atoms. The molecule has 6 heteroatoms. The highest BCUT2D eigenvalue weighted by Crippen LogP contribution is 2.23. The maximum Gasteiger partial charge on any atom is 0.243 e. The number of nitrogens with one attached hydrogen (secondary N) is 1. The predicted octanol–water partition coefficient (Wildman–Crippen LogP) is 5.85. The molecule has 0 aliphatic rings. The third-order valence-corrected chi connectivity index (χ3v) is 6.15. The minimum atomic E-state index is -0.508. The van der Waals surface area contributed by atoms with E-state index in [2.05, 4.69) is 5.32 Å². The summed E-state index contributed by atoms with van der Waals surface area (Å²) in [5, 5.41) is 3.74. The van der Waals surface area contributed by atoms with Crippen LogP contribution in [0, 0.1) is 6.92 Å². The highest BCUT2D eigenvalue weighted by atomic mass is 35.5. The van der Waals surface area contributed by atoms with E-state index in [1.807, 2.05) is 83.1 Å². The van der Waals surface area contributed by atoms with Crippen molar-refractivity contribution in [3.63, 3.8) is 0 Å². The van der Waals surface area contributed by atoms with Gasteiger partial charge in [0, 0.05) is 34.2 Å². The lowest BCUT2D eigenvalue weighted by Crippen LogP contribution is -2.53. The van der Waals surface area contributed by atoms with Crippen LogP contribution in [0.1, 0.15) is 51.7 Å². The second kappa shape index (κ2) is 11.6. The molecule has 2 aromatic rings. The van der Waals surface area contributed by atoms with Crippen LogP contribution >= 0.6 is 23.4 Å². The van der Waals surface area contributed by atoms with Gasteiger partial charge in [0.2, 0.25) is 11.8 Å². The summed E-state index contributed by atoms with van der Waals surface area (Å²) in [6, 6.07) is 15.1. The average molecular weight is 461 g/mol. The number of benzene rings is 2. The minimum Gasteiger partial charge on any atom is -0.350 e. The van der Waals surface area contributed by atoms with E-state index in [1.165, 1.54) is 0 Å². The molecule has 0 bridgehead atoms. The first-order valence-corrected chi connectivity index (χ1v) is 12.0. The van der Waals surface area contributed by atoms with Gasteiger partial charge in [-0.05, 0) is 69.5 Å². The molecule has 0 fully saturated rings. The Balaban J connectivity index is 2.16. The Kier molecular flexibility index (Phi) is 9.45. The van der Waals surface area contributed by atoms with Crippen LogP contribution in [-0.2, 0) is 16.1 Å². The van der Waals surface area contributed by atoms with Crippen molar-refractivity contribution in [3.05, 3.63) is 64.7 Å². The van der Waals surface area contributed by atoms with Crippen molar-refractivity contribution in [3.8, 4) is 0 Å². The zero-order chi connectivity index (χ0) is 23.0. The largest absolute Gasteiger partial charge is 0.350 e. The van der Waals surface area contributed by atoms with Gasteiger partial charge < -0.3 is 10.2 Å². The van der Waals surface area contributed by atoms with Crippen molar-refractivity contribution in [1.82, 2.24) is 10.2 Å². The summed E-state index contributed by atoms with van der Waals surface area (Å²) in [5.41, 5.74) is 1.82. The lowest BCUT2D eigenvalue weighted by molar-refractivity contribution is -0.141. The first kappa shape index (κ1) is 25.3. The maximum absolute atomic E-state index is 13.3. The zero-order valence-electron chi connectivity index (χ0n) is 19.1. The molecule has 0 aliphatic carbocycles. The summed E-state index contributed by atoms with van der Waals surface area (Å²) < 4.78 is 0. The van der Waals surface area contributed by atoms with Gasteiger partial charge in [0.05, 0.1) is 0 Å². The SMILES string of the molecule is CC[C@@H](C(=O)NC(C)(C)C)N(Cc1ccccc1C)C(=O)CCSc1ccc(Cl)cc1. The van der Waals surface area contributed by atoms with Gasteiger partial charge >= 0.3 is 0 Å². The summed E-state index contributed by atoms with van der Waals surface area (Å²) in [6.45, 7) is 10.3. The van der Waals surface area contributed by atoms with Gasteiger partial charge in [0.25, 0.3) is 0 Å². The quantitative estimate of drug-likeness (QED) is 0.477. The van der Waals surface area contributed by atoms with Gasteiger partial charge in [-0.2, -0.15) is 0 Å². The molecule has 1 atom stereocenters. The fourth-order valence-electron chi connectivity index (χ4n) is 3.27. The van der Waals surface area contributed by atoms with Gasteiger partial charge in [-0.1, -0.05) is 42.8 Å². The van der Waals surface area contributed by atoms with Gasteiger partial charge in [-0.3, -0.25) is 9.59 Å². The molecule has 168 valence electrons. The van der Waals surface area contributed by atoms with Gasteiger partial charge in [-0.25, -0.2) is 0 Å². The van der Waals surface area contributed by atoms with Crippen molar-refractivity contribution in [2.75, 3.05) is 5.75 Å². The molecule has 0 unspecified atom stereocenters. The van der Waals surface area contributed by atoms with Crippen LogP contribution in [0.2, 0.25) is 5.02 Å². The molecular weight excluding hydrogens is 428 g/mol. The van der Waals surface area contributed by atoms with E-state index in [-0.39, 0.29) is 17.4 Å². The van der Waals surface area contributed by atoms with Crippen molar-refractivity contribution in [2.24, 2.45) is 0 Å². The number of hydrogen-bond donors (Lipinski definition) is 1. The van der Waals surface area contributed by atoms with E-state index in [0.717, 1.165) is 16.0 Å². The maximum atomic E-state index is 13.3. The minimum absolute atomic E-state index is 0.0133. The molecule has 0 radical (unpaired) electrons. The molecule has 0 heterocycles. The Bertz CT molecular complexity index is 878. The number of hydrogen-bond acceptors (Lipinski definition) is 3. The third kappa shape index (κ3) is 8.23. The van der Waals surface area contributed by atoms with E-state index in [0.29, 0.717) is 30.2 Å². The van der Waals surface area contributed by atoms with Crippen LogP contribution in [-0.4, -0.2) is 34.0 Å².